The minimum atomic E-state index is -4.16. The Balaban J connectivity index is 2.34. The Morgan fingerprint density at radius 3 is 2.35 bits per heavy atom. The summed E-state index contributed by atoms with van der Waals surface area (Å²) in [6, 6.07) is 6.00. The van der Waals surface area contributed by atoms with Gasteiger partial charge < -0.3 is 14.5 Å². The molecule has 0 radical (unpaired) electrons. The summed E-state index contributed by atoms with van der Waals surface area (Å²) in [5, 5.41) is 0. The molecule has 1 atom stereocenters. The molecule has 0 saturated heterocycles. The molecular weight excluding hydrogens is 275 g/mol. The van der Waals surface area contributed by atoms with Crippen molar-refractivity contribution < 1.29 is 19.1 Å². The van der Waals surface area contributed by atoms with Gasteiger partial charge >= 0.3 is 7.60 Å². The van der Waals surface area contributed by atoms with Crippen LogP contribution in [-0.2, 0) is 4.57 Å². The van der Waals surface area contributed by atoms with Gasteiger partial charge in [0.25, 0.3) is 0 Å². The Hall–Kier alpha value is -0.830. The Morgan fingerprint density at radius 2 is 1.85 bits per heavy atom. The molecule has 1 aliphatic rings. The maximum absolute atomic E-state index is 11.1. The lowest BCUT2D eigenvalue weighted by atomic mass is 9.90. The summed E-state index contributed by atoms with van der Waals surface area (Å²) >= 11 is 0. The summed E-state index contributed by atoms with van der Waals surface area (Å²) in [6.45, 7) is 6.29. The highest BCUT2D eigenvalue weighted by atomic mass is 31.2. The molecule has 2 N–H and O–H groups in total. The summed E-state index contributed by atoms with van der Waals surface area (Å²) in [7, 11) is -4.16. The van der Waals surface area contributed by atoms with Crippen LogP contribution in [0.4, 0.5) is 0 Å². The third kappa shape index (κ3) is 3.85. The molecule has 0 heterocycles. The van der Waals surface area contributed by atoms with Crippen molar-refractivity contribution >= 4 is 7.60 Å². The van der Waals surface area contributed by atoms with Gasteiger partial charge in [-0.1, -0.05) is 39.0 Å². The number of hydrogen-bond donors (Lipinski definition) is 2. The molecular formula is C15H23O4P. The Kier molecular flexibility index (Phi) is 4.58. The monoisotopic (exact) mass is 298 g/mol. The van der Waals surface area contributed by atoms with Crippen molar-refractivity contribution in [2.24, 2.45) is 5.92 Å². The quantitative estimate of drug-likeness (QED) is 0.783. The molecule has 1 fully saturated rings. The standard InChI is InChI=1S/C15H23O4P/c1-10(2)13-5-4-6-14(11(3)12-7-8-12)15(13)19-9-20(16,17)18/h4-6,10-12H,7-9H2,1-3H3,(H2,16,17,18)/t11-/m1/s1. The van der Waals surface area contributed by atoms with Gasteiger partial charge in [0, 0.05) is 0 Å². The number of rotatable bonds is 6. The van der Waals surface area contributed by atoms with Crippen LogP contribution in [-0.4, -0.2) is 16.1 Å². The fourth-order valence-electron chi connectivity index (χ4n) is 2.55. The van der Waals surface area contributed by atoms with Crippen LogP contribution in [0, 0.1) is 5.92 Å². The van der Waals surface area contributed by atoms with Gasteiger partial charge in [-0.05, 0) is 41.7 Å². The van der Waals surface area contributed by atoms with Crippen molar-refractivity contribution in [2.45, 2.75) is 45.4 Å². The molecule has 0 bridgehead atoms. The second kappa shape index (κ2) is 5.88. The predicted octanol–water partition coefficient (Wildman–Crippen LogP) is 3.84. The first kappa shape index (κ1) is 15.6. The normalized spacial score (nSPS) is 17.3. The molecule has 0 aromatic heterocycles. The summed E-state index contributed by atoms with van der Waals surface area (Å²) in [5.74, 6) is 1.98. The summed E-state index contributed by atoms with van der Waals surface area (Å²) in [6.07, 6.45) is 1.90. The minimum absolute atomic E-state index is 0.258. The van der Waals surface area contributed by atoms with Crippen LogP contribution in [0.3, 0.4) is 0 Å². The van der Waals surface area contributed by atoms with Gasteiger partial charge in [0.1, 0.15) is 5.75 Å². The first-order chi connectivity index (χ1) is 9.29. The van der Waals surface area contributed by atoms with Crippen molar-refractivity contribution in [3.63, 3.8) is 0 Å². The first-order valence-electron chi connectivity index (χ1n) is 7.09. The van der Waals surface area contributed by atoms with Crippen molar-refractivity contribution in [1.29, 1.82) is 0 Å². The van der Waals surface area contributed by atoms with Crippen LogP contribution in [0.25, 0.3) is 0 Å². The second-order valence-electron chi connectivity index (χ2n) is 5.98. The van der Waals surface area contributed by atoms with E-state index in [0.717, 1.165) is 11.1 Å². The lowest BCUT2D eigenvalue weighted by molar-refractivity contribution is 0.295. The highest BCUT2D eigenvalue weighted by molar-refractivity contribution is 7.51. The zero-order valence-corrected chi connectivity index (χ0v) is 13.1. The lowest BCUT2D eigenvalue weighted by Gasteiger charge is -2.21. The summed E-state index contributed by atoms with van der Waals surface area (Å²) in [4.78, 5) is 18.1. The van der Waals surface area contributed by atoms with Crippen LogP contribution in [0.2, 0.25) is 0 Å². The van der Waals surface area contributed by atoms with Crippen LogP contribution in [0.1, 0.15) is 56.6 Å². The van der Waals surface area contributed by atoms with Gasteiger partial charge in [0.2, 0.25) is 0 Å². The third-order valence-corrected chi connectivity index (χ3v) is 4.36. The van der Waals surface area contributed by atoms with Crippen LogP contribution < -0.4 is 4.74 Å². The highest BCUT2D eigenvalue weighted by Gasteiger charge is 2.31. The molecule has 1 aliphatic carbocycles. The molecule has 0 aliphatic heterocycles. The zero-order valence-electron chi connectivity index (χ0n) is 12.2. The molecule has 4 nitrogen and oxygen atoms in total. The van der Waals surface area contributed by atoms with E-state index >= 15 is 0 Å². The Morgan fingerprint density at radius 1 is 1.25 bits per heavy atom. The molecule has 0 amide bonds. The zero-order chi connectivity index (χ0) is 14.9. The smallest absolute Gasteiger partial charge is 0.362 e. The largest absolute Gasteiger partial charge is 0.480 e. The fourth-order valence-corrected chi connectivity index (χ4v) is 2.85. The van der Waals surface area contributed by atoms with E-state index in [4.69, 9.17) is 14.5 Å². The van der Waals surface area contributed by atoms with Gasteiger partial charge in [-0.25, -0.2) is 0 Å². The summed E-state index contributed by atoms with van der Waals surface area (Å²) in [5.41, 5.74) is 2.09. The molecule has 1 saturated carbocycles. The van der Waals surface area contributed by atoms with Crippen LogP contribution in [0.15, 0.2) is 18.2 Å². The van der Waals surface area contributed by atoms with Gasteiger partial charge in [-0.2, -0.15) is 0 Å². The molecule has 0 spiro atoms. The molecule has 5 heteroatoms. The Labute approximate surface area is 120 Å². The number of benzene rings is 1. The number of para-hydroxylation sites is 1. The molecule has 2 rings (SSSR count). The van der Waals surface area contributed by atoms with E-state index in [1.165, 1.54) is 12.8 Å². The molecule has 20 heavy (non-hydrogen) atoms. The number of ether oxygens (including phenoxy) is 1. The van der Waals surface area contributed by atoms with Gasteiger partial charge in [-0.15, -0.1) is 0 Å². The van der Waals surface area contributed by atoms with Gasteiger partial charge in [0.15, 0.2) is 6.35 Å². The van der Waals surface area contributed by atoms with E-state index in [1.807, 2.05) is 18.2 Å². The van der Waals surface area contributed by atoms with E-state index in [9.17, 15) is 4.57 Å². The maximum atomic E-state index is 11.1. The van der Waals surface area contributed by atoms with E-state index in [2.05, 4.69) is 20.8 Å². The van der Waals surface area contributed by atoms with E-state index in [0.29, 0.717) is 17.6 Å². The van der Waals surface area contributed by atoms with Gasteiger partial charge in [0.05, 0.1) is 0 Å². The topological polar surface area (TPSA) is 66.8 Å². The van der Waals surface area contributed by atoms with E-state index in [-0.39, 0.29) is 5.92 Å². The van der Waals surface area contributed by atoms with Crippen molar-refractivity contribution in [3.8, 4) is 5.75 Å². The predicted molar refractivity (Wildman–Crippen MR) is 79.2 cm³/mol. The molecule has 112 valence electrons. The summed E-state index contributed by atoms with van der Waals surface area (Å²) < 4.78 is 16.6. The molecule has 1 aromatic carbocycles. The average Bonchev–Trinajstić information content (AvgIpc) is 3.18. The average molecular weight is 298 g/mol. The molecule has 1 aromatic rings. The van der Waals surface area contributed by atoms with Crippen molar-refractivity contribution in [2.75, 3.05) is 6.35 Å². The molecule has 0 unspecified atom stereocenters. The first-order valence-corrected chi connectivity index (χ1v) is 8.89. The third-order valence-electron chi connectivity index (χ3n) is 3.89. The second-order valence-corrected chi connectivity index (χ2v) is 7.57. The number of hydrogen-bond acceptors (Lipinski definition) is 2. The SMILES string of the molecule is CC(C)c1cccc([C@H](C)C2CC2)c1OCP(=O)(O)O. The minimum Gasteiger partial charge on any atom is -0.480 e. The fraction of sp³-hybridized carbons (Fsp3) is 0.600. The maximum Gasteiger partial charge on any atom is 0.362 e. The van der Waals surface area contributed by atoms with E-state index < -0.39 is 13.9 Å². The highest BCUT2D eigenvalue weighted by Crippen LogP contribution is 2.47. The Bertz CT molecular complexity index is 517. The van der Waals surface area contributed by atoms with Crippen LogP contribution in [0.5, 0.6) is 5.75 Å². The van der Waals surface area contributed by atoms with Crippen molar-refractivity contribution in [1.82, 2.24) is 0 Å². The van der Waals surface area contributed by atoms with Gasteiger partial charge in [-0.3, -0.25) is 4.57 Å². The van der Waals surface area contributed by atoms with Crippen LogP contribution >= 0.6 is 7.60 Å². The van der Waals surface area contributed by atoms with E-state index in [1.54, 1.807) is 0 Å². The lowest BCUT2D eigenvalue weighted by Crippen LogP contribution is -2.07. The van der Waals surface area contributed by atoms with Crippen molar-refractivity contribution in [3.05, 3.63) is 29.3 Å².